The lowest BCUT2D eigenvalue weighted by Gasteiger charge is -2.28. The van der Waals surface area contributed by atoms with Gasteiger partial charge in [0.25, 0.3) is 0 Å². The van der Waals surface area contributed by atoms with Gasteiger partial charge in [0.15, 0.2) is 11.5 Å². The zero-order valence-electron chi connectivity index (χ0n) is 17.2. The summed E-state index contributed by atoms with van der Waals surface area (Å²) < 4.78 is 61.2. The average molecular weight is 442 g/mol. The van der Waals surface area contributed by atoms with Crippen molar-refractivity contribution >= 4 is 20.1 Å². The molecule has 0 bridgehead atoms. The molecule has 1 atom stereocenters. The van der Waals surface area contributed by atoms with Crippen molar-refractivity contribution in [2.24, 2.45) is 0 Å². The molecule has 0 fully saturated rings. The summed E-state index contributed by atoms with van der Waals surface area (Å²) in [5, 5.41) is 0. The quantitative estimate of drug-likeness (QED) is 0.555. The molecule has 29 heavy (non-hydrogen) atoms. The Labute approximate surface area is 173 Å². The van der Waals surface area contributed by atoms with Crippen molar-refractivity contribution in [2.75, 3.05) is 13.4 Å². The highest BCUT2D eigenvalue weighted by Crippen LogP contribution is 2.31. The third-order valence-electron chi connectivity index (χ3n) is 4.52. The van der Waals surface area contributed by atoms with Gasteiger partial charge in [-0.05, 0) is 50.1 Å². The SMILES string of the molecule is CC[C@H](C)N(Cc1ccc(OC)c(OS(C)(=O)=O)c1)S(=O)(=O)c1ccc(C)cc1. The van der Waals surface area contributed by atoms with Crippen LogP contribution in [0.3, 0.4) is 0 Å². The molecule has 7 nitrogen and oxygen atoms in total. The maximum absolute atomic E-state index is 13.3. The molecule has 2 aromatic carbocycles. The zero-order valence-corrected chi connectivity index (χ0v) is 18.9. The topological polar surface area (TPSA) is 90.0 Å². The number of methoxy groups -OCH3 is 1. The molecule has 2 rings (SSSR count). The molecule has 2 aromatic rings. The van der Waals surface area contributed by atoms with Crippen molar-refractivity contribution in [2.45, 2.75) is 44.7 Å². The summed E-state index contributed by atoms with van der Waals surface area (Å²) in [4.78, 5) is 0.213. The standard InChI is InChI=1S/C20H27NO6S2/c1-6-16(3)21(29(24,25)18-10-7-15(2)8-11-18)14-17-9-12-19(26-4)20(13-17)27-28(5,22)23/h7-13,16H,6,14H2,1-5H3/t16-/m0/s1. The molecule has 0 aliphatic carbocycles. The van der Waals surface area contributed by atoms with E-state index < -0.39 is 20.1 Å². The van der Waals surface area contributed by atoms with E-state index in [2.05, 4.69) is 0 Å². The number of hydrogen-bond acceptors (Lipinski definition) is 6. The average Bonchev–Trinajstić information content (AvgIpc) is 2.64. The van der Waals surface area contributed by atoms with E-state index in [1.807, 2.05) is 20.8 Å². The fourth-order valence-electron chi connectivity index (χ4n) is 2.75. The Morgan fingerprint density at radius 1 is 1.00 bits per heavy atom. The highest BCUT2D eigenvalue weighted by molar-refractivity contribution is 7.89. The van der Waals surface area contributed by atoms with Gasteiger partial charge in [-0.3, -0.25) is 0 Å². The van der Waals surface area contributed by atoms with Gasteiger partial charge in [-0.1, -0.05) is 30.7 Å². The van der Waals surface area contributed by atoms with Crippen LogP contribution in [0.5, 0.6) is 11.5 Å². The van der Waals surface area contributed by atoms with E-state index in [0.717, 1.165) is 11.8 Å². The number of sulfonamides is 1. The molecule has 160 valence electrons. The second kappa shape index (κ2) is 9.15. The number of rotatable bonds is 9. The molecule has 0 radical (unpaired) electrons. The molecule has 9 heteroatoms. The molecular formula is C20H27NO6S2. The number of hydrogen-bond donors (Lipinski definition) is 0. The third-order valence-corrected chi connectivity index (χ3v) is 6.97. The van der Waals surface area contributed by atoms with Crippen LogP contribution < -0.4 is 8.92 Å². The van der Waals surface area contributed by atoms with Gasteiger partial charge in [-0.15, -0.1) is 0 Å². The number of ether oxygens (including phenoxy) is 1. The van der Waals surface area contributed by atoms with Gasteiger partial charge in [0.2, 0.25) is 10.0 Å². The smallest absolute Gasteiger partial charge is 0.306 e. The molecule has 0 unspecified atom stereocenters. The molecule has 0 spiro atoms. The van der Waals surface area contributed by atoms with Crippen LogP contribution in [0, 0.1) is 6.92 Å². The fourth-order valence-corrected chi connectivity index (χ4v) is 4.90. The monoisotopic (exact) mass is 441 g/mol. The Morgan fingerprint density at radius 3 is 2.14 bits per heavy atom. The second-order valence-electron chi connectivity index (χ2n) is 6.89. The van der Waals surface area contributed by atoms with Crippen LogP contribution in [-0.2, 0) is 26.7 Å². The second-order valence-corrected chi connectivity index (χ2v) is 10.4. The highest BCUT2D eigenvalue weighted by Gasteiger charge is 2.29. The Bertz CT molecular complexity index is 1050. The summed E-state index contributed by atoms with van der Waals surface area (Å²) in [5.74, 6) is 0.264. The van der Waals surface area contributed by atoms with Gasteiger partial charge < -0.3 is 8.92 Å². The molecule has 0 N–H and O–H groups in total. The van der Waals surface area contributed by atoms with Gasteiger partial charge in [0, 0.05) is 12.6 Å². The van der Waals surface area contributed by atoms with Crippen molar-refractivity contribution < 1.29 is 25.8 Å². The van der Waals surface area contributed by atoms with Crippen molar-refractivity contribution in [3.63, 3.8) is 0 Å². The summed E-state index contributed by atoms with van der Waals surface area (Å²) in [6.07, 6.45) is 1.56. The summed E-state index contributed by atoms with van der Waals surface area (Å²) >= 11 is 0. The zero-order chi connectivity index (χ0) is 21.8. The highest BCUT2D eigenvalue weighted by atomic mass is 32.2. The molecule has 0 aliphatic rings. The van der Waals surface area contributed by atoms with Crippen molar-refractivity contribution in [1.29, 1.82) is 0 Å². The van der Waals surface area contributed by atoms with Gasteiger partial charge >= 0.3 is 10.1 Å². The summed E-state index contributed by atoms with van der Waals surface area (Å²) in [7, 11) is -6.11. The molecule has 0 saturated heterocycles. The lowest BCUT2D eigenvalue weighted by molar-refractivity contribution is 0.322. The predicted molar refractivity (Wildman–Crippen MR) is 112 cm³/mol. The van der Waals surface area contributed by atoms with E-state index in [1.54, 1.807) is 36.4 Å². The lowest BCUT2D eigenvalue weighted by Crippen LogP contribution is -2.37. The molecular weight excluding hydrogens is 414 g/mol. The first-order chi connectivity index (χ1) is 13.5. The van der Waals surface area contributed by atoms with Crippen LogP contribution in [0.15, 0.2) is 47.4 Å². The predicted octanol–water partition coefficient (Wildman–Crippen LogP) is 3.33. The maximum Gasteiger partial charge on any atom is 0.306 e. The fraction of sp³-hybridized carbons (Fsp3) is 0.400. The summed E-state index contributed by atoms with van der Waals surface area (Å²) in [5.41, 5.74) is 1.55. The largest absolute Gasteiger partial charge is 0.493 e. The summed E-state index contributed by atoms with van der Waals surface area (Å²) in [6, 6.07) is 11.2. The molecule has 0 aromatic heterocycles. The van der Waals surface area contributed by atoms with Crippen LogP contribution >= 0.6 is 0 Å². The van der Waals surface area contributed by atoms with Crippen molar-refractivity contribution in [3.05, 3.63) is 53.6 Å². The minimum Gasteiger partial charge on any atom is -0.493 e. The molecule has 0 heterocycles. The van der Waals surface area contributed by atoms with Crippen LogP contribution in [0.1, 0.15) is 31.4 Å². The van der Waals surface area contributed by atoms with E-state index >= 15 is 0 Å². The van der Waals surface area contributed by atoms with Crippen molar-refractivity contribution in [3.8, 4) is 11.5 Å². The van der Waals surface area contributed by atoms with Gasteiger partial charge in [0.1, 0.15) is 0 Å². The first-order valence-corrected chi connectivity index (χ1v) is 12.4. The lowest BCUT2D eigenvalue weighted by atomic mass is 10.2. The van der Waals surface area contributed by atoms with Gasteiger partial charge in [-0.2, -0.15) is 12.7 Å². The van der Waals surface area contributed by atoms with Crippen LogP contribution in [-0.4, -0.2) is 40.5 Å². The molecule has 0 aliphatic heterocycles. The maximum atomic E-state index is 13.3. The van der Waals surface area contributed by atoms with Crippen LogP contribution in [0.2, 0.25) is 0 Å². The normalized spacial score (nSPS) is 13.3. The van der Waals surface area contributed by atoms with Gasteiger partial charge in [-0.25, -0.2) is 8.42 Å². The van der Waals surface area contributed by atoms with Crippen LogP contribution in [0.25, 0.3) is 0 Å². The van der Waals surface area contributed by atoms with Crippen LogP contribution in [0.4, 0.5) is 0 Å². The Hall–Kier alpha value is -2.10. The van der Waals surface area contributed by atoms with E-state index in [4.69, 9.17) is 8.92 Å². The van der Waals surface area contributed by atoms with E-state index in [-0.39, 0.29) is 29.0 Å². The summed E-state index contributed by atoms with van der Waals surface area (Å²) in [6.45, 7) is 5.70. The molecule has 0 saturated carbocycles. The first kappa shape index (κ1) is 23.2. The minimum atomic E-state index is -3.76. The van der Waals surface area contributed by atoms with Crippen molar-refractivity contribution in [1.82, 2.24) is 4.31 Å². The number of nitrogens with zero attached hydrogens (tertiary/aromatic N) is 1. The number of aryl methyl sites for hydroxylation is 1. The van der Waals surface area contributed by atoms with Gasteiger partial charge in [0.05, 0.1) is 18.3 Å². The minimum absolute atomic E-state index is 0.0179. The first-order valence-electron chi connectivity index (χ1n) is 9.12. The third kappa shape index (κ3) is 5.94. The van der Waals surface area contributed by atoms with E-state index in [1.165, 1.54) is 17.5 Å². The number of benzene rings is 2. The Morgan fingerprint density at radius 2 is 1.62 bits per heavy atom. The Kier molecular flexibility index (Phi) is 7.31. The Balaban J connectivity index is 2.45. The van der Waals surface area contributed by atoms with E-state index in [9.17, 15) is 16.8 Å². The molecule has 0 amide bonds. The van der Waals surface area contributed by atoms with E-state index in [0.29, 0.717) is 12.0 Å².